The van der Waals surface area contributed by atoms with E-state index in [2.05, 4.69) is 5.32 Å². The van der Waals surface area contributed by atoms with Crippen molar-refractivity contribution in [1.82, 2.24) is 5.32 Å². The van der Waals surface area contributed by atoms with Crippen molar-refractivity contribution < 1.29 is 13.6 Å². The molecule has 0 saturated heterocycles. The summed E-state index contributed by atoms with van der Waals surface area (Å²) in [6, 6.07) is 13.1. The maximum Gasteiger partial charge on any atom is 0.257 e. The zero-order valence-corrected chi connectivity index (χ0v) is 11.4. The normalized spacial score (nSPS) is 10.3. The van der Waals surface area contributed by atoms with Crippen molar-refractivity contribution in [1.29, 1.82) is 0 Å². The number of amides is 1. The molecule has 0 bridgehead atoms. The number of benzene rings is 2. The zero-order chi connectivity index (χ0) is 14.4. The summed E-state index contributed by atoms with van der Waals surface area (Å²) in [4.78, 5) is 12.8. The molecule has 0 atom stereocenters. The summed E-state index contributed by atoms with van der Waals surface area (Å²) >= 11 is 1.56. The smallest absolute Gasteiger partial charge is 0.257 e. The van der Waals surface area contributed by atoms with Gasteiger partial charge in [0.15, 0.2) is 0 Å². The molecule has 0 aliphatic rings. The summed E-state index contributed by atoms with van der Waals surface area (Å²) in [5.41, 5.74) is -0.530. The van der Waals surface area contributed by atoms with Crippen LogP contribution in [0.25, 0.3) is 0 Å². The number of carbonyl (C=O) groups excluding carboxylic acids is 1. The summed E-state index contributed by atoms with van der Waals surface area (Å²) in [6.45, 7) is 0.339. The Morgan fingerprint density at radius 2 is 1.65 bits per heavy atom. The van der Waals surface area contributed by atoms with E-state index in [1.807, 2.05) is 30.3 Å². The van der Waals surface area contributed by atoms with Gasteiger partial charge in [0.2, 0.25) is 0 Å². The lowest BCUT2D eigenvalue weighted by Crippen LogP contribution is -2.27. The molecular formula is C15H13F2NOS. The van der Waals surface area contributed by atoms with Crippen LogP contribution in [0.15, 0.2) is 53.4 Å². The molecule has 0 radical (unpaired) electrons. The molecule has 0 aliphatic heterocycles. The molecule has 1 amide bonds. The molecule has 2 rings (SSSR count). The van der Waals surface area contributed by atoms with Crippen LogP contribution in [0.3, 0.4) is 0 Å². The fraction of sp³-hybridized carbons (Fsp3) is 0.133. The van der Waals surface area contributed by atoms with Gasteiger partial charge in [-0.1, -0.05) is 24.3 Å². The van der Waals surface area contributed by atoms with Gasteiger partial charge in [-0.3, -0.25) is 4.79 Å². The van der Waals surface area contributed by atoms with Gasteiger partial charge in [0, 0.05) is 17.2 Å². The van der Waals surface area contributed by atoms with E-state index in [0.717, 1.165) is 17.0 Å². The van der Waals surface area contributed by atoms with Gasteiger partial charge >= 0.3 is 0 Å². The highest BCUT2D eigenvalue weighted by Crippen LogP contribution is 2.16. The Labute approximate surface area is 120 Å². The first kappa shape index (κ1) is 14.5. The Kier molecular flexibility index (Phi) is 5.12. The molecule has 0 unspecified atom stereocenters. The minimum atomic E-state index is -0.849. The lowest BCUT2D eigenvalue weighted by Gasteiger charge is -2.07. The molecule has 2 aromatic rings. The molecule has 2 aromatic carbocycles. The highest BCUT2D eigenvalue weighted by Gasteiger charge is 2.16. The van der Waals surface area contributed by atoms with E-state index in [1.54, 1.807) is 11.8 Å². The predicted molar refractivity (Wildman–Crippen MR) is 75.9 cm³/mol. The van der Waals surface area contributed by atoms with Crippen LogP contribution in [0.2, 0.25) is 0 Å². The van der Waals surface area contributed by atoms with Gasteiger partial charge in [-0.15, -0.1) is 11.8 Å². The van der Waals surface area contributed by atoms with Crippen LogP contribution in [-0.4, -0.2) is 18.2 Å². The highest BCUT2D eigenvalue weighted by molar-refractivity contribution is 7.99. The second-order valence-electron chi connectivity index (χ2n) is 4.01. The Bertz CT molecular complexity index is 569. The van der Waals surface area contributed by atoms with E-state index in [9.17, 15) is 13.6 Å². The maximum absolute atomic E-state index is 13.4. The van der Waals surface area contributed by atoms with Crippen molar-refractivity contribution in [2.75, 3.05) is 12.3 Å². The molecule has 0 saturated carbocycles. The molecule has 0 spiro atoms. The first-order chi connectivity index (χ1) is 9.68. The van der Waals surface area contributed by atoms with E-state index in [0.29, 0.717) is 12.3 Å². The van der Waals surface area contributed by atoms with Gasteiger partial charge in [-0.2, -0.15) is 0 Å². The number of rotatable bonds is 5. The summed E-state index contributed by atoms with van der Waals surface area (Å²) in [6.07, 6.45) is 0. The van der Waals surface area contributed by atoms with E-state index >= 15 is 0 Å². The van der Waals surface area contributed by atoms with Gasteiger partial charge < -0.3 is 5.32 Å². The van der Waals surface area contributed by atoms with Crippen molar-refractivity contribution in [3.63, 3.8) is 0 Å². The Hall–Kier alpha value is -1.88. The van der Waals surface area contributed by atoms with Gasteiger partial charge in [-0.25, -0.2) is 8.78 Å². The molecule has 0 aromatic heterocycles. The van der Waals surface area contributed by atoms with E-state index in [1.165, 1.54) is 6.07 Å². The molecule has 0 aliphatic carbocycles. The van der Waals surface area contributed by atoms with Crippen molar-refractivity contribution in [2.45, 2.75) is 4.90 Å². The first-order valence-electron chi connectivity index (χ1n) is 6.08. The number of hydrogen-bond acceptors (Lipinski definition) is 2. The largest absolute Gasteiger partial charge is 0.351 e. The fourth-order valence-corrected chi connectivity index (χ4v) is 2.44. The second kappa shape index (κ2) is 7.05. The molecule has 0 heterocycles. The predicted octanol–water partition coefficient (Wildman–Crippen LogP) is 3.49. The molecule has 2 nitrogen and oxygen atoms in total. The van der Waals surface area contributed by atoms with Gasteiger partial charge in [0.05, 0.1) is 0 Å². The minimum absolute atomic E-state index is 0.339. The van der Waals surface area contributed by atoms with E-state index in [-0.39, 0.29) is 0 Å². The van der Waals surface area contributed by atoms with Crippen LogP contribution in [0.5, 0.6) is 0 Å². The van der Waals surface area contributed by atoms with Crippen molar-refractivity contribution in [3.05, 3.63) is 65.7 Å². The quantitative estimate of drug-likeness (QED) is 0.675. The fourth-order valence-electron chi connectivity index (χ4n) is 1.65. The first-order valence-corrected chi connectivity index (χ1v) is 7.07. The summed E-state index contributed by atoms with van der Waals surface area (Å²) < 4.78 is 26.7. The van der Waals surface area contributed by atoms with Crippen LogP contribution in [-0.2, 0) is 0 Å². The average Bonchev–Trinajstić information content (AvgIpc) is 2.44. The minimum Gasteiger partial charge on any atom is -0.351 e. The Morgan fingerprint density at radius 3 is 2.30 bits per heavy atom. The number of thioether (sulfide) groups is 1. The van der Waals surface area contributed by atoms with Crippen molar-refractivity contribution in [2.24, 2.45) is 0 Å². The average molecular weight is 293 g/mol. The molecule has 0 fully saturated rings. The zero-order valence-electron chi connectivity index (χ0n) is 10.6. The molecule has 1 N–H and O–H groups in total. The maximum atomic E-state index is 13.4. The monoisotopic (exact) mass is 293 g/mol. The van der Waals surface area contributed by atoms with Crippen molar-refractivity contribution in [3.8, 4) is 0 Å². The molecular weight excluding hydrogens is 280 g/mol. The third-order valence-electron chi connectivity index (χ3n) is 2.59. The number of halogens is 2. The Balaban J connectivity index is 1.84. The number of hydrogen-bond donors (Lipinski definition) is 1. The third-order valence-corrected chi connectivity index (χ3v) is 3.60. The van der Waals surface area contributed by atoms with E-state index in [4.69, 9.17) is 0 Å². The summed E-state index contributed by atoms with van der Waals surface area (Å²) in [5.74, 6) is -1.79. The Morgan fingerprint density at radius 1 is 1.00 bits per heavy atom. The standard InChI is InChI=1S/C15H13F2NOS/c16-12-7-4-8-13(17)14(12)15(19)18-9-10-20-11-5-2-1-3-6-11/h1-8H,9-10H2,(H,18,19). The van der Waals surface area contributed by atoms with Gasteiger partial charge in [-0.05, 0) is 24.3 Å². The van der Waals surface area contributed by atoms with Crippen LogP contribution in [0.1, 0.15) is 10.4 Å². The third kappa shape index (κ3) is 3.81. The topological polar surface area (TPSA) is 29.1 Å². The number of carbonyl (C=O) groups is 1. The van der Waals surface area contributed by atoms with Crippen LogP contribution < -0.4 is 5.32 Å². The van der Waals surface area contributed by atoms with Gasteiger partial charge in [0.25, 0.3) is 5.91 Å². The van der Waals surface area contributed by atoms with Crippen LogP contribution in [0.4, 0.5) is 8.78 Å². The SMILES string of the molecule is O=C(NCCSc1ccccc1)c1c(F)cccc1F. The highest BCUT2D eigenvalue weighted by atomic mass is 32.2. The second-order valence-corrected chi connectivity index (χ2v) is 5.18. The van der Waals surface area contributed by atoms with E-state index < -0.39 is 23.1 Å². The summed E-state index contributed by atoms with van der Waals surface area (Å²) in [5, 5.41) is 2.51. The molecule has 104 valence electrons. The lowest BCUT2D eigenvalue weighted by molar-refractivity contribution is 0.0948. The molecule has 20 heavy (non-hydrogen) atoms. The molecule has 5 heteroatoms. The number of nitrogens with one attached hydrogen (secondary N) is 1. The van der Waals surface area contributed by atoms with Crippen LogP contribution in [0, 0.1) is 11.6 Å². The van der Waals surface area contributed by atoms with Crippen molar-refractivity contribution >= 4 is 17.7 Å². The van der Waals surface area contributed by atoms with Crippen LogP contribution >= 0.6 is 11.8 Å². The lowest BCUT2D eigenvalue weighted by atomic mass is 10.2. The summed E-state index contributed by atoms with van der Waals surface area (Å²) in [7, 11) is 0. The van der Waals surface area contributed by atoms with Gasteiger partial charge in [0.1, 0.15) is 17.2 Å².